The molecule has 2 aromatic rings. The molecule has 1 atom stereocenters. The number of hydrogen-bond acceptors (Lipinski definition) is 2. The topological polar surface area (TPSA) is 12.0 Å². The minimum absolute atomic E-state index is 0.147. The minimum atomic E-state index is -0.179. The Morgan fingerprint density at radius 2 is 1.89 bits per heavy atom. The third-order valence-corrected chi connectivity index (χ3v) is 4.27. The Morgan fingerprint density at radius 3 is 2.58 bits per heavy atom. The van der Waals surface area contributed by atoms with E-state index in [1.165, 1.54) is 11.6 Å². The predicted octanol–water partition coefficient (Wildman–Crippen LogP) is 4.40. The van der Waals surface area contributed by atoms with Gasteiger partial charge in [0.05, 0.1) is 0 Å². The fourth-order valence-corrected chi connectivity index (χ4v) is 2.96. The van der Waals surface area contributed by atoms with Crippen LogP contribution in [0.15, 0.2) is 53.4 Å². The minimum Gasteiger partial charge on any atom is -0.313 e. The van der Waals surface area contributed by atoms with E-state index in [4.69, 9.17) is 0 Å². The summed E-state index contributed by atoms with van der Waals surface area (Å²) in [5.74, 6) is 0.719. The molecule has 0 aliphatic carbocycles. The average molecular weight is 275 g/mol. The highest BCUT2D eigenvalue weighted by Gasteiger charge is 2.10. The fourth-order valence-electron chi connectivity index (χ4n) is 1.88. The molecule has 0 saturated carbocycles. The van der Waals surface area contributed by atoms with Crippen LogP contribution in [0.3, 0.4) is 0 Å². The Kier molecular flexibility index (Phi) is 5.00. The highest BCUT2D eigenvalue weighted by atomic mass is 32.2. The van der Waals surface area contributed by atoms with Gasteiger partial charge >= 0.3 is 0 Å². The van der Waals surface area contributed by atoms with Gasteiger partial charge in [-0.25, -0.2) is 4.39 Å². The van der Waals surface area contributed by atoms with Crippen molar-refractivity contribution in [2.45, 2.75) is 23.6 Å². The molecule has 0 fully saturated rings. The van der Waals surface area contributed by atoms with Crippen molar-refractivity contribution in [3.8, 4) is 0 Å². The van der Waals surface area contributed by atoms with Crippen LogP contribution in [0.1, 0.15) is 24.1 Å². The van der Waals surface area contributed by atoms with Crippen LogP contribution in [-0.4, -0.2) is 7.05 Å². The van der Waals surface area contributed by atoms with Crippen LogP contribution in [0.4, 0.5) is 4.39 Å². The molecule has 1 nitrogen and oxygen atoms in total. The van der Waals surface area contributed by atoms with Gasteiger partial charge in [-0.05, 0) is 43.3 Å². The normalized spacial score (nSPS) is 12.4. The van der Waals surface area contributed by atoms with E-state index in [9.17, 15) is 4.39 Å². The summed E-state index contributed by atoms with van der Waals surface area (Å²) in [6.45, 7) is 2.04. The van der Waals surface area contributed by atoms with Gasteiger partial charge in [0.1, 0.15) is 5.82 Å². The first kappa shape index (κ1) is 14.1. The summed E-state index contributed by atoms with van der Waals surface area (Å²) >= 11 is 1.75. The first-order valence-corrected chi connectivity index (χ1v) is 7.32. The van der Waals surface area contributed by atoms with Gasteiger partial charge in [0.2, 0.25) is 0 Å². The molecular formula is C16H18FNS. The molecule has 0 amide bonds. The predicted molar refractivity (Wildman–Crippen MR) is 79.9 cm³/mol. The van der Waals surface area contributed by atoms with Crippen LogP contribution in [0.5, 0.6) is 0 Å². The molecule has 3 heteroatoms. The molecule has 1 unspecified atom stereocenters. The Morgan fingerprint density at radius 1 is 1.16 bits per heavy atom. The van der Waals surface area contributed by atoms with Crippen molar-refractivity contribution in [3.63, 3.8) is 0 Å². The fraction of sp³-hybridized carbons (Fsp3) is 0.250. The first-order chi connectivity index (χ1) is 9.20. The largest absolute Gasteiger partial charge is 0.313 e. The lowest BCUT2D eigenvalue weighted by Gasteiger charge is -2.15. The SMILES string of the molecule is CNC(C)c1cc(F)ccc1SCc1ccccc1. The Balaban J connectivity index is 2.15. The van der Waals surface area contributed by atoms with Gasteiger partial charge in [-0.1, -0.05) is 30.3 Å². The number of nitrogens with one attached hydrogen (secondary N) is 1. The summed E-state index contributed by atoms with van der Waals surface area (Å²) in [6.07, 6.45) is 0. The Bertz CT molecular complexity index is 528. The standard InChI is InChI=1S/C16H18FNS/c1-12(18-2)15-10-14(17)8-9-16(15)19-11-13-6-4-3-5-7-13/h3-10,12,18H,11H2,1-2H3. The van der Waals surface area contributed by atoms with E-state index in [0.717, 1.165) is 16.2 Å². The molecular weight excluding hydrogens is 257 g/mol. The number of hydrogen-bond donors (Lipinski definition) is 1. The van der Waals surface area contributed by atoms with Crippen LogP contribution in [-0.2, 0) is 5.75 Å². The molecule has 0 aromatic heterocycles. The molecule has 2 aromatic carbocycles. The zero-order chi connectivity index (χ0) is 13.7. The van der Waals surface area contributed by atoms with Gasteiger partial charge in [-0.15, -0.1) is 11.8 Å². The molecule has 0 spiro atoms. The second kappa shape index (κ2) is 6.73. The Hall–Kier alpha value is -1.32. The van der Waals surface area contributed by atoms with Crippen molar-refractivity contribution in [1.82, 2.24) is 5.32 Å². The summed E-state index contributed by atoms with van der Waals surface area (Å²) in [7, 11) is 1.89. The zero-order valence-electron chi connectivity index (χ0n) is 11.2. The van der Waals surface area contributed by atoms with Gasteiger partial charge in [0.15, 0.2) is 0 Å². The molecule has 100 valence electrons. The summed E-state index contributed by atoms with van der Waals surface area (Å²) in [4.78, 5) is 1.13. The summed E-state index contributed by atoms with van der Waals surface area (Å²) in [5, 5.41) is 3.17. The van der Waals surface area contributed by atoms with Crippen molar-refractivity contribution in [1.29, 1.82) is 0 Å². The van der Waals surface area contributed by atoms with Gasteiger partial charge < -0.3 is 5.32 Å². The summed E-state index contributed by atoms with van der Waals surface area (Å²) in [5.41, 5.74) is 2.29. The number of benzene rings is 2. The molecule has 0 bridgehead atoms. The number of rotatable bonds is 5. The first-order valence-electron chi connectivity index (χ1n) is 6.34. The lowest BCUT2D eigenvalue weighted by atomic mass is 10.1. The van der Waals surface area contributed by atoms with Crippen molar-refractivity contribution < 1.29 is 4.39 Å². The van der Waals surface area contributed by atoms with E-state index < -0.39 is 0 Å². The molecule has 0 aliphatic heterocycles. The van der Waals surface area contributed by atoms with Gasteiger partial charge in [0.25, 0.3) is 0 Å². The maximum absolute atomic E-state index is 13.4. The molecule has 1 N–H and O–H groups in total. The molecule has 19 heavy (non-hydrogen) atoms. The quantitative estimate of drug-likeness (QED) is 0.812. The van der Waals surface area contributed by atoms with Crippen molar-refractivity contribution in [3.05, 3.63) is 65.5 Å². The van der Waals surface area contributed by atoms with Crippen LogP contribution >= 0.6 is 11.8 Å². The van der Waals surface area contributed by atoms with Crippen LogP contribution in [0, 0.1) is 5.82 Å². The van der Waals surface area contributed by atoms with Gasteiger partial charge in [0, 0.05) is 16.7 Å². The molecule has 0 saturated heterocycles. The van der Waals surface area contributed by atoms with E-state index in [1.807, 2.05) is 38.2 Å². The average Bonchev–Trinajstić information content (AvgIpc) is 2.46. The van der Waals surface area contributed by atoms with E-state index in [-0.39, 0.29) is 11.9 Å². The van der Waals surface area contributed by atoms with Crippen molar-refractivity contribution in [2.24, 2.45) is 0 Å². The van der Waals surface area contributed by atoms with Crippen LogP contribution in [0.2, 0.25) is 0 Å². The Labute approximate surface area is 118 Å². The highest BCUT2D eigenvalue weighted by molar-refractivity contribution is 7.98. The lowest BCUT2D eigenvalue weighted by Crippen LogP contribution is -2.13. The maximum Gasteiger partial charge on any atom is 0.123 e. The molecule has 2 rings (SSSR count). The van der Waals surface area contributed by atoms with Crippen molar-refractivity contribution in [2.75, 3.05) is 7.05 Å². The van der Waals surface area contributed by atoms with Crippen LogP contribution < -0.4 is 5.32 Å². The highest BCUT2D eigenvalue weighted by Crippen LogP contribution is 2.30. The zero-order valence-corrected chi connectivity index (χ0v) is 12.0. The van der Waals surface area contributed by atoms with Crippen molar-refractivity contribution >= 4 is 11.8 Å². The number of halogens is 1. The van der Waals surface area contributed by atoms with E-state index >= 15 is 0 Å². The monoisotopic (exact) mass is 275 g/mol. The third kappa shape index (κ3) is 3.82. The second-order valence-electron chi connectivity index (χ2n) is 4.47. The van der Waals surface area contributed by atoms with Gasteiger partial charge in [-0.2, -0.15) is 0 Å². The summed E-state index contributed by atoms with van der Waals surface area (Å²) < 4.78 is 13.4. The van der Waals surface area contributed by atoms with E-state index in [1.54, 1.807) is 17.8 Å². The molecule has 0 aliphatic rings. The van der Waals surface area contributed by atoms with Gasteiger partial charge in [-0.3, -0.25) is 0 Å². The second-order valence-corrected chi connectivity index (χ2v) is 5.48. The van der Waals surface area contributed by atoms with Crippen LogP contribution in [0.25, 0.3) is 0 Å². The maximum atomic E-state index is 13.4. The van der Waals surface area contributed by atoms with E-state index in [0.29, 0.717) is 0 Å². The molecule has 0 radical (unpaired) electrons. The third-order valence-electron chi connectivity index (χ3n) is 3.11. The summed E-state index contributed by atoms with van der Waals surface area (Å²) in [6, 6.07) is 15.5. The van der Waals surface area contributed by atoms with E-state index in [2.05, 4.69) is 17.4 Å². The molecule has 0 heterocycles. The smallest absolute Gasteiger partial charge is 0.123 e. The lowest BCUT2D eigenvalue weighted by molar-refractivity contribution is 0.601. The number of thioether (sulfide) groups is 1.